The molecule has 2 rings (SSSR count). The molecule has 0 saturated heterocycles. The Balaban J connectivity index is 1.72. The Hall–Kier alpha value is -0.750. The zero-order valence-corrected chi connectivity index (χ0v) is 16.6. The number of thiazole rings is 1. The molecule has 0 aliphatic carbocycles. The fourth-order valence-corrected chi connectivity index (χ4v) is 4.04. The van der Waals surface area contributed by atoms with Gasteiger partial charge in [0.05, 0.1) is 5.69 Å². The van der Waals surface area contributed by atoms with E-state index in [4.69, 9.17) is 4.74 Å². The van der Waals surface area contributed by atoms with E-state index in [0.717, 1.165) is 44.6 Å². The highest BCUT2D eigenvalue weighted by Gasteiger charge is 2.25. The lowest BCUT2D eigenvalue weighted by Crippen LogP contribution is -2.31. The summed E-state index contributed by atoms with van der Waals surface area (Å²) in [6.07, 6.45) is 8.82. The highest BCUT2D eigenvalue weighted by Crippen LogP contribution is 2.31. The molecule has 0 saturated carbocycles. The van der Waals surface area contributed by atoms with Gasteiger partial charge in [0.1, 0.15) is 0 Å². The Labute approximate surface area is 154 Å². The third-order valence-electron chi connectivity index (χ3n) is 4.72. The summed E-state index contributed by atoms with van der Waals surface area (Å²) in [4.78, 5) is 8.05. The van der Waals surface area contributed by atoms with E-state index in [9.17, 15) is 8.78 Å². The number of fused-ring (bicyclic) bond motifs is 1. The number of ether oxygens (including phenoxy) is 1. The second-order valence-electron chi connectivity index (χ2n) is 7.48. The smallest absolute Gasteiger partial charge is 0.278 e. The minimum absolute atomic E-state index is 0.387. The van der Waals surface area contributed by atoms with Crippen LogP contribution in [0.4, 0.5) is 8.78 Å². The molecule has 3 nitrogen and oxygen atoms in total. The number of rotatable bonds is 11. The first-order valence-electron chi connectivity index (χ1n) is 9.59. The Morgan fingerprint density at radius 2 is 2.08 bits per heavy atom. The van der Waals surface area contributed by atoms with Crippen molar-refractivity contribution in [2.75, 3.05) is 19.7 Å². The number of hydrogen-bond acceptors (Lipinski definition) is 4. The molecular formula is C19H32F2N2OS. The number of hydrogen-bond donors (Lipinski definition) is 0. The topological polar surface area (TPSA) is 25.4 Å². The molecule has 0 bridgehead atoms. The normalized spacial score (nSPS) is 16.7. The van der Waals surface area contributed by atoms with E-state index in [0.29, 0.717) is 5.19 Å². The first kappa shape index (κ1) is 20.6. The maximum absolute atomic E-state index is 12.9. The van der Waals surface area contributed by atoms with E-state index in [1.807, 2.05) is 0 Å². The molecular weight excluding hydrogens is 342 g/mol. The van der Waals surface area contributed by atoms with Gasteiger partial charge in [0.25, 0.3) is 11.1 Å². The molecule has 1 aliphatic rings. The van der Waals surface area contributed by atoms with Crippen LogP contribution in [-0.2, 0) is 13.0 Å². The van der Waals surface area contributed by atoms with Crippen LogP contribution in [0.3, 0.4) is 0 Å². The lowest BCUT2D eigenvalue weighted by Gasteiger charge is -2.26. The van der Waals surface area contributed by atoms with Gasteiger partial charge in [0.15, 0.2) is 6.61 Å². The van der Waals surface area contributed by atoms with Gasteiger partial charge in [-0.15, -0.1) is 0 Å². The van der Waals surface area contributed by atoms with Crippen molar-refractivity contribution in [3.8, 4) is 5.19 Å². The van der Waals surface area contributed by atoms with Gasteiger partial charge < -0.3 is 4.74 Å². The summed E-state index contributed by atoms with van der Waals surface area (Å²) in [7, 11) is 0. The third-order valence-corrected chi connectivity index (χ3v) is 5.79. The van der Waals surface area contributed by atoms with Crippen LogP contribution >= 0.6 is 11.3 Å². The van der Waals surface area contributed by atoms with Crippen molar-refractivity contribution in [1.29, 1.82) is 0 Å². The van der Waals surface area contributed by atoms with E-state index in [2.05, 4.69) is 23.7 Å². The molecule has 6 heteroatoms. The van der Waals surface area contributed by atoms with Crippen LogP contribution in [-0.4, -0.2) is 35.5 Å². The molecule has 0 fully saturated rings. The number of aromatic nitrogens is 1. The van der Waals surface area contributed by atoms with E-state index in [-0.39, 0.29) is 0 Å². The van der Waals surface area contributed by atoms with Crippen LogP contribution in [0.25, 0.3) is 0 Å². The first-order valence-corrected chi connectivity index (χ1v) is 10.4. The number of halogens is 2. The third kappa shape index (κ3) is 7.57. The lowest BCUT2D eigenvalue weighted by atomic mass is 9.99. The molecule has 1 aromatic heterocycles. The molecule has 0 amide bonds. The largest absolute Gasteiger partial charge is 0.464 e. The van der Waals surface area contributed by atoms with Crippen LogP contribution in [0.5, 0.6) is 5.19 Å². The van der Waals surface area contributed by atoms with Gasteiger partial charge in [-0.25, -0.2) is 13.8 Å². The Bertz CT molecular complexity index is 516. The SMILES string of the molecule is CCCCCC[C@@H](C)CCN1CCc2sc(OCC(C)(F)F)nc2C1. The van der Waals surface area contributed by atoms with Crippen molar-refractivity contribution in [2.45, 2.75) is 78.2 Å². The maximum Gasteiger partial charge on any atom is 0.278 e. The minimum Gasteiger partial charge on any atom is -0.464 e. The Morgan fingerprint density at radius 1 is 1.28 bits per heavy atom. The second kappa shape index (κ2) is 9.81. The molecule has 144 valence electrons. The van der Waals surface area contributed by atoms with Crippen LogP contribution in [0.2, 0.25) is 0 Å². The quantitative estimate of drug-likeness (QED) is 0.476. The monoisotopic (exact) mass is 374 g/mol. The highest BCUT2D eigenvalue weighted by atomic mass is 32.1. The molecule has 0 spiro atoms. The van der Waals surface area contributed by atoms with Gasteiger partial charge in [-0.3, -0.25) is 4.90 Å². The average molecular weight is 375 g/mol. The fourth-order valence-electron chi connectivity index (χ4n) is 3.14. The minimum atomic E-state index is -2.81. The van der Waals surface area contributed by atoms with Gasteiger partial charge in [-0.2, -0.15) is 0 Å². The number of nitrogens with zero attached hydrogens (tertiary/aromatic N) is 2. The average Bonchev–Trinajstić information content (AvgIpc) is 2.96. The second-order valence-corrected chi connectivity index (χ2v) is 8.52. The van der Waals surface area contributed by atoms with Crippen molar-refractivity contribution in [1.82, 2.24) is 9.88 Å². The van der Waals surface area contributed by atoms with Crippen LogP contribution in [0.15, 0.2) is 0 Å². The molecule has 25 heavy (non-hydrogen) atoms. The Morgan fingerprint density at radius 3 is 2.80 bits per heavy atom. The van der Waals surface area contributed by atoms with E-state index in [1.54, 1.807) is 0 Å². The summed E-state index contributed by atoms with van der Waals surface area (Å²) < 4.78 is 31.0. The molecule has 0 N–H and O–H groups in total. The zero-order valence-electron chi connectivity index (χ0n) is 15.8. The van der Waals surface area contributed by atoms with Crippen LogP contribution in [0.1, 0.15) is 69.9 Å². The van der Waals surface area contributed by atoms with E-state index in [1.165, 1.54) is 54.7 Å². The summed E-state index contributed by atoms with van der Waals surface area (Å²) in [5.41, 5.74) is 1.02. The number of unbranched alkanes of at least 4 members (excludes halogenated alkanes) is 3. The molecule has 0 aromatic carbocycles. The van der Waals surface area contributed by atoms with Crippen molar-refractivity contribution >= 4 is 11.3 Å². The predicted octanol–water partition coefficient (Wildman–Crippen LogP) is 5.53. The fraction of sp³-hybridized carbons (Fsp3) is 0.842. The van der Waals surface area contributed by atoms with Crippen LogP contribution in [0, 0.1) is 5.92 Å². The highest BCUT2D eigenvalue weighted by molar-refractivity contribution is 7.13. The van der Waals surface area contributed by atoms with Crippen molar-refractivity contribution in [3.05, 3.63) is 10.6 Å². The summed E-state index contributed by atoms with van der Waals surface area (Å²) in [5.74, 6) is -2.05. The van der Waals surface area contributed by atoms with E-state index >= 15 is 0 Å². The van der Waals surface area contributed by atoms with Crippen molar-refractivity contribution < 1.29 is 13.5 Å². The van der Waals surface area contributed by atoms with Gasteiger partial charge in [0.2, 0.25) is 0 Å². The van der Waals surface area contributed by atoms with Gasteiger partial charge in [-0.1, -0.05) is 57.3 Å². The summed E-state index contributed by atoms with van der Waals surface area (Å²) in [6, 6.07) is 0. The standard InChI is InChI=1S/C19H32F2N2OS/c1-4-5-6-7-8-15(2)9-11-23-12-10-17-16(13-23)22-18(25-17)24-14-19(3,20)21/h15H,4-14H2,1-3H3/t15-/m1/s1. The van der Waals surface area contributed by atoms with Gasteiger partial charge >= 0.3 is 0 Å². The van der Waals surface area contributed by atoms with Crippen molar-refractivity contribution in [2.24, 2.45) is 5.92 Å². The molecule has 2 heterocycles. The molecule has 1 aliphatic heterocycles. The molecule has 0 unspecified atom stereocenters. The first-order chi connectivity index (χ1) is 11.9. The van der Waals surface area contributed by atoms with Gasteiger partial charge in [0, 0.05) is 24.9 Å². The Kier molecular flexibility index (Phi) is 8.07. The molecule has 0 radical (unpaired) electrons. The molecule has 1 atom stereocenters. The summed E-state index contributed by atoms with van der Waals surface area (Å²) >= 11 is 1.42. The van der Waals surface area contributed by atoms with Crippen molar-refractivity contribution in [3.63, 3.8) is 0 Å². The summed E-state index contributed by atoms with van der Waals surface area (Å²) in [5, 5.41) is 0.387. The summed E-state index contributed by atoms with van der Waals surface area (Å²) in [6.45, 7) is 7.80. The van der Waals surface area contributed by atoms with Gasteiger partial charge in [-0.05, 0) is 25.3 Å². The maximum atomic E-state index is 12.9. The zero-order chi connectivity index (χ0) is 18.3. The van der Waals surface area contributed by atoms with E-state index < -0.39 is 12.5 Å². The molecule has 1 aromatic rings. The predicted molar refractivity (Wildman–Crippen MR) is 99.8 cm³/mol. The lowest BCUT2D eigenvalue weighted by molar-refractivity contribution is -0.0230. The van der Waals surface area contributed by atoms with Crippen LogP contribution < -0.4 is 4.74 Å². The number of alkyl halides is 2.